The van der Waals surface area contributed by atoms with E-state index < -0.39 is 5.97 Å². The first-order valence-electron chi connectivity index (χ1n) is 7.82. The minimum atomic E-state index is -0.610. The van der Waals surface area contributed by atoms with Crippen molar-refractivity contribution in [1.82, 2.24) is 5.32 Å². The zero-order valence-corrected chi connectivity index (χ0v) is 15.9. The van der Waals surface area contributed by atoms with Crippen molar-refractivity contribution in [2.75, 3.05) is 6.61 Å². The van der Waals surface area contributed by atoms with Crippen LogP contribution < -0.4 is 5.32 Å². The van der Waals surface area contributed by atoms with Crippen LogP contribution in [0.3, 0.4) is 0 Å². The molecule has 0 aliphatic rings. The smallest absolute Gasteiger partial charge is 0.331 e. The van der Waals surface area contributed by atoms with E-state index in [-0.39, 0.29) is 18.6 Å². The zero-order chi connectivity index (χ0) is 18.4. The Hall–Kier alpha value is -2.34. The van der Waals surface area contributed by atoms with E-state index in [0.29, 0.717) is 10.4 Å². The molecule has 0 saturated carbocycles. The lowest BCUT2D eigenvalue weighted by molar-refractivity contribution is -0.144. The number of carbonyl (C=O) groups is 2. The van der Waals surface area contributed by atoms with E-state index in [1.54, 1.807) is 12.1 Å². The molecule has 1 N–H and O–H groups in total. The van der Waals surface area contributed by atoms with Crippen molar-refractivity contribution in [2.24, 2.45) is 0 Å². The van der Waals surface area contributed by atoms with Gasteiger partial charge in [0.15, 0.2) is 11.3 Å². The second-order valence-corrected chi connectivity index (χ2v) is 6.50. The minimum absolute atomic E-state index is 0.165. The first-order chi connectivity index (χ1) is 11.8. The summed E-state index contributed by atoms with van der Waals surface area (Å²) in [5, 5.41) is 2.81. The third-order valence-electron chi connectivity index (χ3n) is 3.73. The van der Waals surface area contributed by atoms with Crippen LogP contribution in [-0.4, -0.2) is 18.5 Å². The van der Waals surface area contributed by atoms with Gasteiger partial charge in [-0.1, -0.05) is 18.2 Å². The largest absolute Gasteiger partial charge is 0.452 e. The van der Waals surface area contributed by atoms with Gasteiger partial charge in [-0.2, -0.15) is 0 Å². The highest BCUT2D eigenvalue weighted by Gasteiger charge is 2.11. The van der Waals surface area contributed by atoms with Gasteiger partial charge >= 0.3 is 5.97 Å². The second kappa shape index (κ2) is 8.67. The Kier molecular flexibility index (Phi) is 6.58. The van der Waals surface area contributed by atoms with Crippen molar-refractivity contribution in [2.45, 2.75) is 26.8 Å². The molecule has 25 heavy (non-hydrogen) atoms. The van der Waals surface area contributed by atoms with E-state index in [0.717, 1.165) is 5.56 Å². The summed E-state index contributed by atoms with van der Waals surface area (Å²) < 4.78 is 10.7. The molecule has 6 heteroatoms. The van der Waals surface area contributed by atoms with Gasteiger partial charge in [-0.25, -0.2) is 4.79 Å². The molecule has 1 amide bonds. The monoisotopic (exact) mass is 405 g/mol. The lowest BCUT2D eigenvalue weighted by Gasteiger charge is -2.15. The van der Waals surface area contributed by atoms with Crippen LogP contribution in [-0.2, 0) is 14.3 Å². The third-order valence-corrected chi connectivity index (χ3v) is 4.16. The van der Waals surface area contributed by atoms with Gasteiger partial charge in [0.2, 0.25) is 0 Å². The Bertz CT molecular complexity index is 794. The molecular formula is C19H20BrNO4. The number of amides is 1. The molecular weight excluding hydrogens is 386 g/mol. The van der Waals surface area contributed by atoms with Crippen LogP contribution in [0.2, 0.25) is 0 Å². The fraction of sp³-hybridized carbons (Fsp3) is 0.263. The Morgan fingerprint density at radius 2 is 2.00 bits per heavy atom. The minimum Gasteiger partial charge on any atom is -0.452 e. The fourth-order valence-corrected chi connectivity index (χ4v) is 2.47. The number of benzene rings is 1. The Labute approximate surface area is 155 Å². The highest BCUT2D eigenvalue weighted by molar-refractivity contribution is 9.10. The van der Waals surface area contributed by atoms with Crippen LogP contribution >= 0.6 is 15.9 Å². The van der Waals surface area contributed by atoms with E-state index in [2.05, 4.69) is 21.2 Å². The van der Waals surface area contributed by atoms with Gasteiger partial charge in [0, 0.05) is 6.08 Å². The molecule has 2 aromatic rings. The van der Waals surface area contributed by atoms with E-state index in [1.165, 1.54) is 23.3 Å². The fourth-order valence-electron chi connectivity index (χ4n) is 2.15. The van der Waals surface area contributed by atoms with Gasteiger partial charge < -0.3 is 14.5 Å². The quantitative estimate of drug-likeness (QED) is 0.580. The van der Waals surface area contributed by atoms with Crippen LogP contribution in [0.25, 0.3) is 6.08 Å². The summed E-state index contributed by atoms with van der Waals surface area (Å²) >= 11 is 3.17. The molecule has 0 radical (unpaired) electrons. The van der Waals surface area contributed by atoms with Gasteiger partial charge in [-0.05, 0) is 71.6 Å². The highest BCUT2D eigenvalue weighted by Crippen LogP contribution is 2.17. The predicted molar refractivity (Wildman–Crippen MR) is 98.9 cm³/mol. The number of furan rings is 1. The van der Waals surface area contributed by atoms with Gasteiger partial charge in [0.1, 0.15) is 5.76 Å². The molecule has 132 valence electrons. The van der Waals surface area contributed by atoms with Crippen molar-refractivity contribution in [3.05, 3.63) is 63.5 Å². The molecule has 0 bridgehead atoms. The molecule has 0 aliphatic heterocycles. The predicted octanol–water partition coefficient (Wildman–Crippen LogP) is 4.09. The van der Waals surface area contributed by atoms with E-state index >= 15 is 0 Å². The summed E-state index contributed by atoms with van der Waals surface area (Å²) in [5.41, 5.74) is 3.37. The number of hydrogen-bond acceptors (Lipinski definition) is 4. The summed E-state index contributed by atoms with van der Waals surface area (Å²) in [5.74, 6) is -0.452. The van der Waals surface area contributed by atoms with Crippen LogP contribution in [0.5, 0.6) is 0 Å². The van der Waals surface area contributed by atoms with Crippen LogP contribution in [0.15, 0.2) is 45.5 Å². The Balaban J connectivity index is 1.80. The molecule has 1 unspecified atom stereocenters. The van der Waals surface area contributed by atoms with Crippen LogP contribution in [0.1, 0.15) is 35.4 Å². The normalized spacial score (nSPS) is 12.2. The topological polar surface area (TPSA) is 68.5 Å². The number of aryl methyl sites for hydroxylation is 2. The number of esters is 1. The molecule has 0 spiro atoms. The maximum atomic E-state index is 11.9. The molecule has 1 atom stereocenters. The van der Waals surface area contributed by atoms with Crippen LogP contribution in [0.4, 0.5) is 0 Å². The van der Waals surface area contributed by atoms with Crippen molar-refractivity contribution < 1.29 is 18.7 Å². The maximum absolute atomic E-state index is 11.9. The number of hydrogen-bond donors (Lipinski definition) is 1. The standard InChI is InChI=1S/C19H20BrNO4/c1-12-4-5-15(10-13(12)2)14(3)21-18(22)11-24-19(23)9-7-16-6-8-17(20)25-16/h4-10,14H,11H2,1-3H3,(H,21,22)/b9-7+. The van der Waals surface area contributed by atoms with E-state index in [4.69, 9.17) is 9.15 Å². The van der Waals surface area contributed by atoms with Crippen molar-refractivity contribution >= 4 is 33.9 Å². The molecule has 1 heterocycles. The lowest BCUT2D eigenvalue weighted by atomic mass is 10.0. The van der Waals surface area contributed by atoms with Gasteiger partial charge in [0.05, 0.1) is 6.04 Å². The number of halogens is 1. The highest BCUT2D eigenvalue weighted by atomic mass is 79.9. The molecule has 1 aromatic carbocycles. The number of ether oxygens (including phenoxy) is 1. The molecule has 0 fully saturated rings. The first-order valence-corrected chi connectivity index (χ1v) is 8.61. The van der Waals surface area contributed by atoms with Gasteiger partial charge in [-0.3, -0.25) is 4.79 Å². The summed E-state index contributed by atoms with van der Waals surface area (Å²) in [6.45, 7) is 5.62. The van der Waals surface area contributed by atoms with E-state index in [9.17, 15) is 9.59 Å². The number of rotatable bonds is 6. The summed E-state index contributed by atoms with van der Waals surface area (Å²) in [6, 6.07) is 9.28. The van der Waals surface area contributed by atoms with Gasteiger partial charge in [-0.15, -0.1) is 0 Å². The Morgan fingerprint density at radius 1 is 1.24 bits per heavy atom. The number of nitrogens with one attached hydrogen (secondary N) is 1. The van der Waals surface area contributed by atoms with Gasteiger partial charge in [0.25, 0.3) is 5.91 Å². The third kappa shape index (κ3) is 5.90. The van der Waals surface area contributed by atoms with Crippen molar-refractivity contribution in [3.63, 3.8) is 0 Å². The van der Waals surface area contributed by atoms with Crippen molar-refractivity contribution in [3.8, 4) is 0 Å². The maximum Gasteiger partial charge on any atom is 0.331 e. The zero-order valence-electron chi connectivity index (χ0n) is 14.3. The summed E-state index contributed by atoms with van der Waals surface area (Å²) in [4.78, 5) is 23.5. The van der Waals surface area contributed by atoms with Crippen LogP contribution in [0, 0.1) is 13.8 Å². The molecule has 1 aromatic heterocycles. The van der Waals surface area contributed by atoms with E-state index in [1.807, 2.05) is 39.0 Å². The first kappa shape index (κ1) is 19.0. The number of carbonyl (C=O) groups excluding carboxylic acids is 2. The summed E-state index contributed by atoms with van der Waals surface area (Å²) in [6.07, 6.45) is 2.69. The molecule has 2 rings (SSSR count). The molecule has 5 nitrogen and oxygen atoms in total. The second-order valence-electron chi connectivity index (χ2n) is 5.72. The lowest BCUT2D eigenvalue weighted by Crippen LogP contribution is -2.31. The Morgan fingerprint density at radius 3 is 2.64 bits per heavy atom. The molecule has 0 aliphatic carbocycles. The SMILES string of the molecule is Cc1ccc(C(C)NC(=O)COC(=O)/C=C/c2ccc(Br)o2)cc1C. The molecule has 0 saturated heterocycles. The average molecular weight is 406 g/mol. The summed E-state index contributed by atoms with van der Waals surface area (Å²) in [7, 11) is 0. The van der Waals surface area contributed by atoms with Crippen molar-refractivity contribution in [1.29, 1.82) is 0 Å². The average Bonchev–Trinajstić information content (AvgIpc) is 2.99.